The summed E-state index contributed by atoms with van der Waals surface area (Å²) in [6, 6.07) is 0. The van der Waals surface area contributed by atoms with Gasteiger partial charge in [0.25, 0.3) is 0 Å². The zero-order chi connectivity index (χ0) is 19.4. The molecule has 0 aliphatic carbocycles. The van der Waals surface area contributed by atoms with Crippen molar-refractivity contribution in [2.24, 2.45) is 11.8 Å². The van der Waals surface area contributed by atoms with Gasteiger partial charge in [-0.1, -0.05) is 0 Å². The molecule has 0 atom stereocenters. The van der Waals surface area contributed by atoms with Gasteiger partial charge in [-0.05, 0) is 32.6 Å². The molecule has 3 heterocycles. The van der Waals surface area contributed by atoms with Crippen LogP contribution in [-0.2, 0) is 14.3 Å². The van der Waals surface area contributed by atoms with Crippen LogP contribution >= 0.6 is 0 Å². The lowest BCUT2D eigenvalue weighted by Gasteiger charge is -2.35. The average molecular weight is 377 g/mol. The molecular weight excluding hydrogens is 350 g/mol. The minimum Gasteiger partial charge on any atom is -0.481 e. The van der Waals surface area contributed by atoms with E-state index in [4.69, 9.17) is 15.6 Å². The van der Waals surface area contributed by atoms with Crippen molar-refractivity contribution in [1.29, 1.82) is 0 Å². The molecule has 1 aromatic rings. The number of nitrogen functional groups attached to an aromatic ring is 1. The standard InChI is InChI=1S/C18H27N5O4/c1-2-27-18(26)13-5-9-23(10-6-13)16-14(19)15(20-11-21-16)22-7-3-12(4-8-22)17(24)25/h11-13H,2-10,19H2,1H3,(H,24,25). The van der Waals surface area contributed by atoms with Crippen LogP contribution in [0.1, 0.15) is 32.6 Å². The summed E-state index contributed by atoms with van der Waals surface area (Å²) in [5.74, 6) is 0.105. The summed E-state index contributed by atoms with van der Waals surface area (Å²) in [5.41, 5.74) is 6.88. The Morgan fingerprint density at radius 2 is 1.56 bits per heavy atom. The van der Waals surface area contributed by atoms with Gasteiger partial charge in [0, 0.05) is 26.2 Å². The fourth-order valence-electron chi connectivity index (χ4n) is 3.81. The predicted molar refractivity (Wildman–Crippen MR) is 101 cm³/mol. The number of rotatable bonds is 5. The molecule has 0 saturated carbocycles. The number of aliphatic carboxylic acids is 1. The number of carboxylic acids is 1. The van der Waals surface area contributed by atoms with Crippen molar-refractivity contribution in [3.63, 3.8) is 0 Å². The first-order chi connectivity index (χ1) is 13.0. The molecule has 27 heavy (non-hydrogen) atoms. The zero-order valence-corrected chi connectivity index (χ0v) is 15.6. The molecule has 3 rings (SSSR count). The highest BCUT2D eigenvalue weighted by molar-refractivity contribution is 5.77. The molecule has 0 amide bonds. The van der Waals surface area contributed by atoms with Gasteiger partial charge in [-0.15, -0.1) is 0 Å². The first-order valence-corrected chi connectivity index (χ1v) is 9.51. The van der Waals surface area contributed by atoms with E-state index < -0.39 is 5.97 Å². The molecule has 9 heteroatoms. The van der Waals surface area contributed by atoms with Crippen LogP contribution in [0.4, 0.5) is 17.3 Å². The van der Waals surface area contributed by atoms with Crippen molar-refractivity contribution in [2.45, 2.75) is 32.6 Å². The van der Waals surface area contributed by atoms with Crippen LogP contribution in [-0.4, -0.2) is 59.8 Å². The largest absolute Gasteiger partial charge is 0.481 e. The van der Waals surface area contributed by atoms with Gasteiger partial charge in [0.15, 0.2) is 11.6 Å². The van der Waals surface area contributed by atoms with Crippen LogP contribution in [0, 0.1) is 11.8 Å². The molecular formula is C18H27N5O4. The molecule has 0 bridgehead atoms. The molecule has 0 unspecified atom stereocenters. The Morgan fingerprint density at radius 1 is 1.07 bits per heavy atom. The third-order valence-electron chi connectivity index (χ3n) is 5.40. The number of hydrogen-bond donors (Lipinski definition) is 2. The first kappa shape index (κ1) is 19.2. The second-order valence-corrected chi connectivity index (χ2v) is 7.05. The Labute approximate surface area is 158 Å². The lowest BCUT2D eigenvalue weighted by Crippen LogP contribution is -2.39. The van der Waals surface area contributed by atoms with Gasteiger partial charge in [-0.25, -0.2) is 9.97 Å². The van der Waals surface area contributed by atoms with Gasteiger partial charge in [-0.2, -0.15) is 0 Å². The maximum atomic E-state index is 11.9. The zero-order valence-electron chi connectivity index (χ0n) is 15.6. The van der Waals surface area contributed by atoms with Crippen molar-refractivity contribution in [3.8, 4) is 0 Å². The molecule has 2 saturated heterocycles. The third kappa shape index (κ3) is 4.23. The highest BCUT2D eigenvalue weighted by Gasteiger charge is 2.30. The van der Waals surface area contributed by atoms with Crippen molar-refractivity contribution >= 4 is 29.3 Å². The number of ether oxygens (including phenoxy) is 1. The van der Waals surface area contributed by atoms with Crippen molar-refractivity contribution in [1.82, 2.24) is 9.97 Å². The quantitative estimate of drug-likeness (QED) is 0.727. The second kappa shape index (κ2) is 8.41. The van der Waals surface area contributed by atoms with E-state index in [1.807, 2.05) is 11.8 Å². The Kier molecular flexibility index (Phi) is 5.98. The van der Waals surface area contributed by atoms with Crippen LogP contribution in [0.15, 0.2) is 6.33 Å². The molecule has 148 valence electrons. The molecule has 2 aliphatic heterocycles. The van der Waals surface area contributed by atoms with Gasteiger partial charge in [0.05, 0.1) is 18.4 Å². The molecule has 2 fully saturated rings. The number of carbonyl (C=O) groups is 2. The summed E-state index contributed by atoms with van der Waals surface area (Å²) in [7, 11) is 0. The topological polar surface area (TPSA) is 122 Å². The average Bonchev–Trinajstić information content (AvgIpc) is 2.68. The Balaban J connectivity index is 1.66. The van der Waals surface area contributed by atoms with Gasteiger partial charge >= 0.3 is 11.9 Å². The smallest absolute Gasteiger partial charge is 0.309 e. The number of esters is 1. The molecule has 3 N–H and O–H groups in total. The van der Waals surface area contributed by atoms with E-state index in [2.05, 4.69) is 14.9 Å². The fraction of sp³-hybridized carbons (Fsp3) is 0.667. The van der Waals surface area contributed by atoms with Crippen LogP contribution in [0.25, 0.3) is 0 Å². The number of anilines is 3. The lowest BCUT2D eigenvalue weighted by molar-refractivity contribution is -0.148. The summed E-state index contributed by atoms with van der Waals surface area (Å²) in [6.45, 7) is 4.82. The first-order valence-electron chi connectivity index (χ1n) is 9.51. The lowest BCUT2D eigenvalue weighted by atomic mass is 9.96. The van der Waals surface area contributed by atoms with Crippen LogP contribution < -0.4 is 15.5 Å². The maximum Gasteiger partial charge on any atom is 0.309 e. The summed E-state index contributed by atoms with van der Waals surface area (Å²) >= 11 is 0. The highest BCUT2D eigenvalue weighted by Crippen LogP contribution is 2.33. The molecule has 2 aliphatic rings. The Morgan fingerprint density at radius 3 is 2.00 bits per heavy atom. The van der Waals surface area contributed by atoms with Crippen LogP contribution in [0.3, 0.4) is 0 Å². The van der Waals surface area contributed by atoms with Crippen molar-refractivity contribution in [2.75, 3.05) is 48.3 Å². The minimum atomic E-state index is -0.740. The number of carboxylic acid groups (broad SMARTS) is 1. The number of nitrogens with zero attached hydrogens (tertiary/aromatic N) is 4. The number of nitrogens with two attached hydrogens (primary N) is 1. The highest BCUT2D eigenvalue weighted by atomic mass is 16.5. The van der Waals surface area contributed by atoms with E-state index >= 15 is 0 Å². The van der Waals surface area contributed by atoms with Gasteiger partial charge < -0.3 is 25.4 Å². The van der Waals surface area contributed by atoms with E-state index in [-0.39, 0.29) is 17.8 Å². The number of aromatic nitrogens is 2. The normalized spacial score (nSPS) is 19.1. The van der Waals surface area contributed by atoms with Gasteiger partial charge in [-0.3, -0.25) is 9.59 Å². The number of piperidine rings is 2. The summed E-state index contributed by atoms with van der Waals surface area (Å²) in [5, 5.41) is 9.15. The van der Waals surface area contributed by atoms with Gasteiger partial charge in [0.1, 0.15) is 12.0 Å². The summed E-state index contributed by atoms with van der Waals surface area (Å²) in [4.78, 5) is 35.8. The van der Waals surface area contributed by atoms with E-state index in [1.54, 1.807) is 0 Å². The predicted octanol–water partition coefficient (Wildman–Crippen LogP) is 1.14. The molecule has 0 aromatic carbocycles. The molecule has 0 spiro atoms. The van der Waals surface area contributed by atoms with E-state index in [9.17, 15) is 9.59 Å². The van der Waals surface area contributed by atoms with Gasteiger partial charge in [0.2, 0.25) is 0 Å². The van der Waals surface area contributed by atoms with E-state index in [0.29, 0.717) is 75.8 Å². The maximum absolute atomic E-state index is 11.9. The van der Waals surface area contributed by atoms with Crippen molar-refractivity contribution < 1.29 is 19.4 Å². The van der Waals surface area contributed by atoms with Crippen LogP contribution in [0.2, 0.25) is 0 Å². The number of hydrogen-bond acceptors (Lipinski definition) is 8. The fourth-order valence-corrected chi connectivity index (χ4v) is 3.81. The molecule has 0 radical (unpaired) electrons. The summed E-state index contributed by atoms with van der Waals surface area (Å²) in [6.07, 6.45) is 4.09. The van der Waals surface area contributed by atoms with Crippen molar-refractivity contribution in [3.05, 3.63) is 6.33 Å². The molecule has 9 nitrogen and oxygen atoms in total. The minimum absolute atomic E-state index is 0.0706. The Hall–Kier alpha value is -2.58. The van der Waals surface area contributed by atoms with E-state index in [0.717, 1.165) is 0 Å². The Bertz CT molecular complexity index is 682. The molecule has 1 aromatic heterocycles. The monoisotopic (exact) mass is 377 g/mol. The SMILES string of the molecule is CCOC(=O)C1CCN(c2ncnc(N3CCC(C(=O)O)CC3)c2N)CC1. The second-order valence-electron chi connectivity index (χ2n) is 7.05. The summed E-state index contributed by atoms with van der Waals surface area (Å²) < 4.78 is 5.11. The number of carbonyl (C=O) groups excluding carboxylic acids is 1. The van der Waals surface area contributed by atoms with E-state index in [1.165, 1.54) is 6.33 Å². The van der Waals surface area contributed by atoms with Crippen LogP contribution in [0.5, 0.6) is 0 Å². The third-order valence-corrected chi connectivity index (χ3v) is 5.40.